The zero-order chi connectivity index (χ0) is 46.9. The highest BCUT2D eigenvalue weighted by Gasteiger charge is 2.34. The average molecular weight is 913 g/mol. The summed E-state index contributed by atoms with van der Waals surface area (Å²) < 4.78 is 126. The molecule has 0 amide bonds. The number of nitrogens with zero attached hydrogens (tertiary/aromatic N) is 4. The van der Waals surface area contributed by atoms with Crippen molar-refractivity contribution in [3.8, 4) is 44.8 Å². The molecular formula is C42H41F5N8O6S2. The number of sulfonamides is 2. The lowest BCUT2D eigenvalue weighted by molar-refractivity contribution is -0.137. The minimum atomic E-state index is -4.72. The molecule has 0 saturated carbocycles. The molecule has 0 spiro atoms. The lowest BCUT2D eigenvalue weighted by atomic mass is 10.00. The summed E-state index contributed by atoms with van der Waals surface area (Å²) in [5.74, 6) is -3.06. The molecule has 0 aliphatic heterocycles. The highest BCUT2D eigenvalue weighted by molar-refractivity contribution is 7.90. The Balaban J connectivity index is 0.000000238. The molecule has 0 aliphatic carbocycles. The average Bonchev–Trinajstić information content (AvgIpc) is 3.16. The van der Waals surface area contributed by atoms with Crippen LogP contribution in [0, 0.1) is 11.6 Å². The molecule has 0 unspecified atom stereocenters. The van der Waals surface area contributed by atoms with E-state index in [2.05, 4.69) is 29.4 Å². The van der Waals surface area contributed by atoms with Gasteiger partial charge in [-0.3, -0.25) is 4.98 Å². The van der Waals surface area contributed by atoms with Gasteiger partial charge in [-0.25, -0.2) is 54.8 Å². The van der Waals surface area contributed by atoms with E-state index in [-0.39, 0.29) is 50.2 Å². The molecule has 7 N–H and O–H groups in total. The van der Waals surface area contributed by atoms with Gasteiger partial charge in [0.15, 0.2) is 11.5 Å². The number of alkyl halides is 3. The Hall–Kier alpha value is -6.42. The first kappa shape index (κ1) is 47.6. The molecule has 21 heteroatoms. The van der Waals surface area contributed by atoms with E-state index in [1.54, 1.807) is 59.7 Å². The third-order valence-corrected chi connectivity index (χ3v) is 12.1. The summed E-state index contributed by atoms with van der Waals surface area (Å²) in [4.78, 5) is 26.3. The monoisotopic (exact) mass is 912 g/mol. The summed E-state index contributed by atoms with van der Waals surface area (Å²) in [6, 6.07) is 16.1. The van der Waals surface area contributed by atoms with Crippen LogP contribution in [-0.4, -0.2) is 58.9 Å². The molecule has 6 rings (SSSR count). The van der Waals surface area contributed by atoms with E-state index < -0.39 is 71.1 Å². The van der Waals surface area contributed by atoms with Crippen molar-refractivity contribution in [2.24, 2.45) is 0 Å². The smallest absolute Gasteiger partial charge is 0.416 e. The number of aromatic carboxylic acids is 1. The zero-order valence-corrected chi connectivity index (χ0v) is 36.0. The lowest BCUT2D eigenvalue weighted by Gasteiger charge is -2.22. The fraction of sp³-hybridized carbons (Fsp3) is 0.214. The maximum Gasteiger partial charge on any atom is 0.416 e. The fourth-order valence-electron chi connectivity index (χ4n) is 5.97. The number of anilines is 2. The van der Waals surface area contributed by atoms with Crippen molar-refractivity contribution < 1.29 is 48.7 Å². The molecule has 2 heterocycles. The number of nitrogen functional groups attached to an aromatic ring is 2. The summed E-state index contributed by atoms with van der Waals surface area (Å²) in [5, 5.41) is 9.15. The first-order valence-corrected chi connectivity index (χ1v) is 21.4. The van der Waals surface area contributed by atoms with Gasteiger partial charge in [0.05, 0.1) is 45.3 Å². The molecule has 0 fully saturated rings. The van der Waals surface area contributed by atoms with Gasteiger partial charge in [0.25, 0.3) is 0 Å². The Labute approximate surface area is 359 Å². The molecule has 4 aromatic carbocycles. The number of hydrogen-bond acceptors (Lipinski definition) is 11. The van der Waals surface area contributed by atoms with Crippen molar-refractivity contribution in [2.75, 3.05) is 11.5 Å². The predicted octanol–water partition coefficient (Wildman–Crippen LogP) is 7.93. The van der Waals surface area contributed by atoms with Crippen LogP contribution < -0.4 is 20.9 Å². The standard InChI is InChI=1S/C21H20F4N4O2S.C21H21FN4O4S/c1-20(2,3)29-32(30,31)18-7-5-13(21(23,24)25)9-15(18)12-4-6-14(16(22)8-12)17-10-28-19(26)11-27-17;1-21(2,3)26-31(29,30)17-7-5-4-6-13(17)12-8-9-14(15(22)10-12)16-11-24-19(23)18(25-16)20(27)28/h4-11,29H,1-3H3,(H2,26,28);4-11,26H,1-3H3,(H2,23,24)(H,27,28). The Morgan fingerprint density at radius 3 is 1.62 bits per heavy atom. The van der Waals surface area contributed by atoms with Gasteiger partial charge >= 0.3 is 12.1 Å². The molecule has 63 heavy (non-hydrogen) atoms. The summed E-state index contributed by atoms with van der Waals surface area (Å²) in [6.45, 7) is 9.95. The van der Waals surface area contributed by atoms with E-state index in [4.69, 9.17) is 16.6 Å². The fourth-order valence-corrected chi connectivity index (χ4v) is 9.24. The molecule has 6 aromatic rings. The van der Waals surface area contributed by atoms with E-state index >= 15 is 0 Å². The molecule has 0 radical (unpaired) electrons. The van der Waals surface area contributed by atoms with Crippen LogP contribution in [0.15, 0.2) is 107 Å². The number of nitrogens with one attached hydrogen (secondary N) is 2. The van der Waals surface area contributed by atoms with Crippen molar-refractivity contribution in [1.29, 1.82) is 0 Å². The van der Waals surface area contributed by atoms with Crippen LogP contribution in [0.1, 0.15) is 57.6 Å². The van der Waals surface area contributed by atoms with Crippen LogP contribution in [0.2, 0.25) is 0 Å². The Morgan fingerprint density at radius 2 is 1.13 bits per heavy atom. The third-order valence-electron chi connectivity index (χ3n) is 8.44. The first-order chi connectivity index (χ1) is 29.1. The minimum Gasteiger partial charge on any atom is -0.476 e. The number of halogens is 5. The first-order valence-electron chi connectivity index (χ1n) is 18.5. The van der Waals surface area contributed by atoms with E-state index in [1.807, 2.05) is 0 Å². The Kier molecular flexibility index (Phi) is 13.4. The van der Waals surface area contributed by atoms with Gasteiger partial charge in [-0.2, -0.15) is 13.2 Å². The highest BCUT2D eigenvalue weighted by atomic mass is 32.2. The van der Waals surface area contributed by atoms with Gasteiger partial charge in [-0.05, 0) is 101 Å². The molecule has 2 aromatic heterocycles. The van der Waals surface area contributed by atoms with Gasteiger partial charge < -0.3 is 16.6 Å². The lowest BCUT2D eigenvalue weighted by Crippen LogP contribution is -2.40. The minimum absolute atomic E-state index is 0.00639. The summed E-state index contributed by atoms with van der Waals surface area (Å²) in [6.07, 6.45) is -1.06. The van der Waals surface area contributed by atoms with Crippen molar-refractivity contribution in [3.63, 3.8) is 0 Å². The second-order valence-corrected chi connectivity index (χ2v) is 19.2. The summed E-state index contributed by atoms with van der Waals surface area (Å²) >= 11 is 0. The number of nitrogens with two attached hydrogens (primary N) is 2. The second-order valence-electron chi connectivity index (χ2n) is 15.9. The maximum atomic E-state index is 14.9. The number of rotatable bonds is 9. The van der Waals surface area contributed by atoms with E-state index in [1.165, 1.54) is 55.0 Å². The summed E-state index contributed by atoms with van der Waals surface area (Å²) in [5.41, 5.74) is 8.35. The molecule has 0 aliphatic rings. The quantitative estimate of drug-likeness (QED) is 0.0871. The van der Waals surface area contributed by atoms with Crippen molar-refractivity contribution >= 4 is 37.7 Å². The van der Waals surface area contributed by atoms with Crippen LogP contribution in [0.5, 0.6) is 0 Å². The van der Waals surface area contributed by atoms with Crippen molar-refractivity contribution in [2.45, 2.75) is 68.6 Å². The largest absolute Gasteiger partial charge is 0.476 e. The van der Waals surface area contributed by atoms with E-state index in [0.717, 1.165) is 12.1 Å². The molecule has 0 bridgehead atoms. The highest BCUT2D eigenvalue weighted by Crippen LogP contribution is 2.38. The van der Waals surface area contributed by atoms with Crippen LogP contribution >= 0.6 is 0 Å². The van der Waals surface area contributed by atoms with E-state index in [9.17, 15) is 43.6 Å². The second kappa shape index (κ2) is 17.8. The molecule has 0 saturated heterocycles. The molecule has 0 atom stereocenters. The van der Waals surface area contributed by atoms with Gasteiger partial charge in [0.2, 0.25) is 20.0 Å². The number of aromatic nitrogens is 4. The third kappa shape index (κ3) is 11.7. The Morgan fingerprint density at radius 1 is 0.619 bits per heavy atom. The van der Waals surface area contributed by atoms with Crippen LogP contribution in [0.25, 0.3) is 44.8 Å². The molecule has 332 valence electrons. The number of carboxylic acids is 1. The number of carbonyl (C=O) groups is 1. The Bertz CT molecular complexity index is 2920. The summed E-state index contributed by atoms with van der Waals surface area (Å²) in [7, 11) is -8.08. The number of carboxylic acid groups (broad SMARTS) is 1. The van der Waals surface area contributed by atoms with E-state index in [0.29, 0.717) is 23.3 Å². The van der Waals surface area contributed by atoms with Gasteiger partial charge in [0, 0.05) is 33.3 Å². The SMILES string of the molecule is CC(C)(C)NS(=O)(=O)c1ccc(C(F)(F)F)cc1-c1ccc(-c2cnc(N)cn2)c(F)c1.CC(C)(C)NS(=O)(=O)c1ccccc1-c1ccc(-c2cnc(N)c(C(=O)O)n2)c(F)c1. The van der Waals surface area contributed by atoms with Crippen molar-refractivity contribution in [3.05, 3.63) is 120 Å². The zero-order valence-electron chi connectivity index (χ0n) is 34.4. The maximum absolute atomic E-state index is 14.9. The van der Waals surface area contributed by atoms with Crippen LogP contribution in [-0.2, 0) is 26.2 Å². The normalized spacial score (nSPS) is 12.4. The molecule has 14 nitrogen and oxygen atoms in total. The molecular weight excluding hydrogens is 872 g/mol. The number of benzene rings is 4. The van der Waals surface area contributed by atoms with Gasteiger partial charge in [-0.15, -0.1) is 0 Å². The van der Waals surface area contributed by atoms with Crippen LogP contribution in [0.4, 0.5) is 33.6 Å². The van der Waals surface area contributed by atoms with Gasteiger partial charge in [0.1, 0.15) is 17.5 Å². The van der Waals surface area contributed by atoms with Gasteiger partial charge in [-0.1, -0.05) is 30.3 Å². The van der Waals surface area contributed by atoms with Crippen LogP contribution in [0.3, 0.4) is 0 Å². The predicted molar refractivity (Wildman–Crippen MR) is 227 cm³/mol. The topological polar surface area (TPSA) is 233 Å². The van der Waals surface area contributed by atoms with Crippen molar-refractivity contribution in [1.82, 2.24) is 29.4 Å². The number of hydrogen-bond donors (Lipinski definition) is 5.